The van der Waals surface area contributed by atoms with E-state index in [2.05, 4.69) is 20.6 Å². The van der Waals surface area contributed by atoms with Gasteiger partial charge in [0.2, 0.25) is 0 Å². The molecular formula is C56H42ClF5N6O2. The number of amides is 2. The first kappa shape index (κ1) is 48.1. The van der Waals surface area contributed by atoms with Crippen molar-refractivity contribution in [1.29, 1.82) is 0 Å². The lowest BCUT2D eigenvalue weighted by Gasteiger charge is -2.13. The maximum absolute atomic E-state index is 15.0. The molecule has 2 amide bonds. The molecule has 0 unspecified atom stereocenters. The molecule has 350 valence electrons. The van der Waals surface area contributed by atoms with Gasteiger partial charge in [-0.3, -0.25) is 18.4 Å². The molecule has 0 saturated carbocycles. The molecule has 0 aliphatic rings. The number of nitrogens with one attached hydrogen (secondary N) is 2. The zero-order chi connectivity index (χ0) is 48.5. The summed E-state index contributed by atoms with van der Waals surface area (Å²) in [6.45, 7) is 5.46. The summed E-state index contributed by atoms with van der Waals surface area (Å²) in [5.74, 6) is -4.68. The summed E-state index contributed by atoms with van der Waals surface area (Å²) in [4.78, 5) is 34.6. The zero-order valence-corrected chi connectivity index (χ0v) is 37.7. The molecule has 2 N–H and O–H groups in total. The van der Waals surface area contributed by atoms with Crippen molar-refractivity contribution in [2.75, 3.05) is 10.6 Å². The van der Waals surface area contributed by atoms with Crippen LogP contribution in [0.15, 0.2) is 164 Å². The smallest absolute Gasteiger partial charge is 0.257 e. The van der Waals surface area contributed by atoms with Crippen LogP contribution in [0.3, 0.4) is 0 Å². The lowest BCUT2D eigenvalue weighted by Crippen LogP contribution is -2.14. The predicted octanol–water partition coefficient (Wildman–Crippen LogP) is 14.8. The van der Waals surface area contributed by atoms with Crippen LogP contribution in [0.4, 0.5) is 33.3 Å². The number of hydrogen-bond acceptors (Lipinski definition) is 4. The molecule has 0 bridgehead atoms. The van der Waals surface area contributed by atoms with Gasteiger partial charge in [-0.05, 0) is 122 Å². The van der Waals surface area contributed by atoms with Crippen molar-refractivity contribution in [3.8, 4) is 45.0 Å². The van der Waals surface area contributed by atoms with Crippen molar-refractivity contribution in [2.45, 2.75) is 28.2 Å². The highest BCUT2D eigenvalue weighted by Gasteiger charge is 2.21. The molecule has 10 aromatic rings. The third-order valence-corrected chi connectivity index (χ3v) is 11.9. The van der Waals surface area contributed by atoms with Crippen LogP contribution in [0.5, 0.6) is 0 Å². The van der Waals surface area contributed by atoms with E-state index in [-0.39, 0.29) is 47.2 Å². The molecule has 0 fully saturated rings. The highest BCUT2D eigenvalue weighted by Crippen LogP contribution is 2.34. The first-order valence-corrected chi connectivity index (χ1v) is 21.8. The molecule has 8 nitrogen and oxygen atoms in total. The number of rotatable bonds is 8. The lowest BCUT2D eigenvalue weighted by molar-refractivity contribution is 0.101. The third-order valence-electron chi connectivity index (χ3n) is 11.6. The number of halogens is 6. The number of aryl methyl sites for hydroxylation is 2. The van der Waals surface area contributed by atoms with Gasteiger partial charge in [-0.2, -0.15) is 0 Å². The first-order valence-electron chi connectivity index (χ1n) is 21.4. The molecule has 4 aromatic heterocycles. The molecule has 0 spiro atoms. The minimum Gasteiger partial charge on any atom is -0.322 e. The topological polar surface area (TPSA) is 92.8 Å². The second-order valence-electron chi connectivity index (χ2n) is 16.2. The van der Waals surface area contributed by atoms with Crippen LogP contribution >= 0.6 is 11.6 Å². The van der Waals surface area contributed by atoms with Gasteiger partial charge >= 0.3 is 0 Å². The molecule has 6 aromatic carbocycles. The van der Waals surface area contributed by atoms with Crippen LogP contribution in [-0.4, -0.2) is 30.6 Å². The van der Waals surface area contributed by atoms with Crippen molar-refractivity contribution in [3.05, 3.63) is 226 Å². The van der Waals surface area contributed by atoms with Gasteiger partial charge in [0.25, 0.3) is 11.8 Å². The van der Waals surface area contributed by atoms with Crippen LogP contribution in [0, 0.1) is 49.9 Å². The number of nitrogens with zero attached hydrogens (tertiary/aromatic N) is 4. The van der Waals surface area contributed by atoms with E-state index in [1.54, 1.807) is 88.9 Å². The summed E-state index contributed by atoms with van der Waals surface area (Å²) in [6.07, 6.45) is 6.50. The molecule has 0 aliphatic carbocycles. The SMILES string of the molecule is C.Cc1ccc(NC(=O)c2cc(-c3cccn4c(-c5cccc(F)c5F)ncc34)cc(F)c2C)cc1.Cc1ccc(NC(=O)c2cc(-c3cccn4c(-c5cccc(F)c5F)ncc34)ccc2Cl)cc1. The predicted molar refractivity (Wildman–Crippen MR) is 267 cm³/mol. The van der Waals surface area contributed by atoms with Gasteiger partial charge < -0.3 is 10.6 Å². The molecule has 70 heavy (non-hydrogen) atoms. The van der Waals surface area contributed by atoms with E-state index < -0.39 is 35.0 Å². The summed E-state index contributed by atoms with van der Waals surface area (Å²) >= 11 is 6.35. The van der Waals surface area contributed by atoms with Gasteiger partial charge in [0.05, 0.1) is 45.1 Å². The normalized spacial score (nSPS) is 10.9. The molecular weight excluding hydrogens is 919 g/mol. The maximum Gasteiger partial charge on any atom is 0.257 e. The first-order chi connectivity index (χ1) is 33.2. The molecule has 4 heterocycles. The third kappa shape index (κ3) is 9.52. The summed E-state index contributed by atoms with van der Waals surface area (Å²) < 4.78 is 74.7. The minimum atomic E-state index is -0.998. The minimum absolute atomic E-state index is 0. The van der Waals surface area contributed by atoms with E-state index >= 15 is 0 Å². The molecule has 14 heteroatoms. The van der Waals surface area contributed by atoms with Crippen molar-refractivity contribution >= 4 is 45.8 Å². The van der Waals surface area contributed by atoms with Crippen molar-refractivity contribution in [3.63, 3.8) is 0 Å². The number of hydrogen-bond donors (Lipinski definition) is 2. The zero-order valence-electron chi connectivity index (χ0n) is 37.0. The number of carbonyl (C=O) groups is 2. The fourth-order valence-corrected chi connectivity index (χ4v) is 8.09. The fourth-order valence-electron chi connectivity index (χ4n) is 7.89. The molecule has 0 aliphatic heterocycles. The van der Waals surface area contributed by atoms with Crippen LogP contribution in [-0.2, 0) is 0 Å². The second kappa shape index (κ2) is 20.0. The van der Waals surface area contributed by atoms with Crippen molar-refractivity contribution in [1.82, 2.24) is 18.8 Å². The van der Waals surface area contributed by atoms with Crippen LogP contribution in [0.25, 0.3) is 56.1 Å². The van der Waals surface area contributed by atoms with E-state index in [0.29, 0.717) is 44.1 Å². The van der Waals surface area contributed by atoms with Gasteiger partial charge in [0.15, 0.2) is 23.3 Å². The van der Waals surface area contributed by atoms with E-state index in [1.807, 2.05) is 56.3 Å². The largest absolute Gasteiger partial charge is 0.322 e. The molecule has 0 atom stereocenters. The summed E-state index contributed by atoms with van der Waals surface area (Å²) in [7, 11) is 0. The Balaban J connectivity index is 0.000000186. The number of anilines is 2. The Morgan fingerprint density at radius 3 is 1.44 bits per heavy atom. The average molecular weight is 961 g/mol. The van der Waals surface area contributed by atoms with Crippen LogP contribution in [0.1, 0.15) is 44.8 Å². The van der Waals surface area contributed by atoms with Crippen LogP contribution < -0.4 is 10.6 Å². The quantitative estimate of drug-likeness (QED) is 0.148. The van der Waals surface area contributed by atoms with Crippen LogP contribution in [0.2, 0.25) is 5.02 Å². The van der Waals surface area contributed by atoms with E-state index in [9.17, 15) is 31.5 Å². The number of pyridine rings is 2. The number of fused-ring (bicyclic) bond motifs is 2. The Bertz CT molecular complexity index is 3610. The molecule has 10 rings (SSSR count). The van der Waals surface area contributed by atoms with Gasteiger partial charge in [-0.15, -0.1) is 0 Å². The van der Waals surface area contributed by atoms with Gasteiger partial charge in [-0.1, -0.05) is 84.8 Å². The Hall–Kier alpha value is -8.42. The Kier molecular flexibility index (Phi) is 13.8. The Labute approximate surface area is 404 Å². The van der Waals surface area contributed by atoms with E-state index in [0.717, 1.165) is 34.4 Å². The average Bonchev–Trinajstić information content (AvgIpc) is 3.99. The molecule has 0 radical (unpaired) electrons. The second-order valence-corrected chi connectivity index (χ2v) is 16.6. The van der Waals surface area contributed by atoms with E-state index in [4.69, 9.17) is 11.6 Å². The van der Waals surface area contributed by atoms with Gasteiger partial charge in [-0.25, -0.2) is 31.9 Å². The van der Waals surface area contributed by atoms with Crippen molar-refractivity contribution in [2.24, 2.45) is 0 Å². The number of aromatic nitrogens is 4. The highest BCUT2D eigenvalue weighted by molar-refractivity contribution is 6.34. The lowest BCUT2D eigenvalue weighted by atomic mass is 9.98. The Morgan fingerprint density at radius 1 is 0.500 bits per heavy atom. The standard InChI is InChI=1S/C28H20F3N3O.C27H18ClF2N3O.CH4/c1-16-8-10-19(11-9-16)33-28(35)22-13-18(14-24(30)17(22)2)20-6-4-12-34-25(20)15-32-27(34)21-5-3-7-23(29)26(21)31;1-16-7-10-18(11-8-16)32-27(34)21-14-17(9-12-22(21)28)19-5-3-13-33-24(19)15-31-26(33)20-4-2-6-23(29)25(20)30;/h3-15H,1-2H3,(H,33,35);2-15H,1H3,(H,32,34);1H4. The number of imidazole rings is 2. The van der Waals surface area contributed by atoms with Crippen molar-refractivity contribution < 1.29 is 31.5 Å². The van der Waals surface area contributed by atoms with Gasteiger partial charge in [0.1, 0.15) is 17.5 Å². The number of benzene rings is 6. The molecule has 0 saturated heterocycles. The van der Waals surface area contributed by atoms with E-state index in [1.165, 1.54) is 36.5 Å². The summed E-state index contributed by atoms with van der Waals surface area (Å²) in [5.41, 5.74) is 7.98. The number of carbonyl (C=O) groups excluding carboxylic acids is 2. The monoisotopic (exact) mass is 960 g/mol. The Morgan fingerprint density at radius 2 is 0.943 bits per heavy atom. The maximum atomic E-state index is 15.0. The fraction of sp³-hybridized carbons (Fsp3) is 0.0714. The summed E-state index contributed by atoms with van der Waals surface area (Å²) in [5, 5.41) is 5.98. The van der Waals surface area contributed by atoms with Gasteiger partial charge in [0, 0.05) is 40.5 Å². The highest BCUT2D eigenvalue weighted by atomic mass is 35.5. The summed E-state index contributed by atoms with van der Waals surface area (Å²) in [6, 6.07) is 37.9.